The Morgan fingerprint density at radius 2 is 2.27 bits per heavy atom. The van der Waals surface area contributed by atoms with Crippen molar-refractivity contribution in [1.29, 1.82) is 0 Å². The molecular weight excluding hydrogens is 210 g/mol. The first-order chi connectivity index (χ1) is 5.07. The summed E-state index contributed by atoms with van der Waals surface area (Å²) >= 11 is 3.20. The molecule has 0 radical (unpaired) electrons. The SMILES string of the molecule is CCC(Br)C(=O)NC[C@@H](C)O. The third-order valence-corrected chi connectivity index (χ3v) is 2.28. The van der Waals surface area contributed by atoms with Crippen molar-refractivity contribution in [2.75, 3.05) is 6.54 Å². The second-order valence-electron chi connectivity index (χ2n) is 2.47. The molecule has 0 fully saturated rings. The van der Waals surface area contributed by atoms with E-state index >= 15 is 0 Å². The van der Waals surface area contributed by atoms with Gasteiger partial charge in [0.25, 0.3) is 0 Å². The highest BCUT2D eigenvalue weighted by atomic mass is 79.9. The molecule has 0 aromatic heterocycles. The van der Waals surface area contributed by atoms with Gasteiger partial charge in [0, 0.05) is 6.54 Å². The van der Waals surface area contributed by atoms with E-state index in [1.54, 1.807) is 6.92 Å². The number of hydrogen-bond donors (Lipinski definition) is 2. The minimum atomic E-state index is -0.476. The Morgan fingerprint density at radius 3 is 2.64 bits per heavy atom. The highest BCUT2D eigenvalue weighted by molar-refractivity contribution is 9.10. The van der Waals surface area contributed by atoms with E-state index in [4.69, 9.17) is 5.11 Å². The Labute approximate surface area is 75.3 Å². The van der Waals surface area contributed by atoms with Gasteiger partial charge in [0.05, 0.1) is 10.9 Å². The molecule has 1 amide bonds. The molecule has 1 unspecified atom stereocenters. The smallest absolute Gasteiger partial charge is 0.233 e. The summed E-state index contributed by atoms with van der Waals surface area (Å²) in [6, 6.07) is 0. The average Bonchev–Trinajstić information content (AvgIpc) is 1.98. The molecule has 0 aromatic carbocycles. The third-order valence-electron chi connectivity index (χ3n) is 1.21. The minimum absolute atomic E-state index is 0.0617. The molecule has 0 rings (SSSR count). The maximum absolute atomic E-state index is 11.0. The molecule has 0 aliphatic rings. The van der Waals surface area contributed by atoms with Crippen LogP contribution in [-0.4, -0.2) is 28.5 Å². The maximum Gasteiger partial charge on any atom is 0.233 e. The zero-order valence-corrected chi connectivity index (χ0v) is 8.39. The predicted octanol–water partition coefficient (Wildman–Crippen LogP) is 0.657. The van der Waals surface area contributed by atoms with Gasteiger partial charge in [-0.2, -0.15) is 0 Å². The van der Waals surface area contributed by atoms with Gasteiger partial charge in [0.2, 0.25) is 5.91 Å². The minimum Gasteiger partial charge on any atom is -0.392 e. The van der Waals surface area contributed by atoms with Crippen LogP contribution in [0.2, 0.25) is 0 Å². The molecule has 0 saturated heterocycles. The van der Waals surface area contributed by atoms with Crippen molar-refractivity contribution in [3.05, 3.63) is 0 Å². The Hall–Kier alpha value is -0.0900. The quantitative estimate of drug-likeness (QED) is 0.689. The number of carbonyl (C=O) groups is 1. The summed E-state index contributed by atoms with van der Waals surface area (Å²) in [6.07, 6.45) is 0.279. The van der Waals surface area contributed by atoms with Crippen LogP contribution in [0.4, 0.5) is 0 Å². The predicted molar refractivity (Wildman–Crippen MR) is 47.7 cm³/mol. The molecule has 0 bridgehead atoms. The molecule has 2 N–H and O–H groups in total. The van der Waals surface area contributed by atoms with E-state index < -0.39 is 6.10 Å². The topological polar surface area (TPSA) is 49.3 Å². The molecular formula is C7H14BrNO2. The zero-order valence-electron chi connectivity index (χ0n) is 6.80. The summed E-state index contributed by atoms with van der Waals surface area (Å²) in [4.78, 5) is 10.9. The van der Waals surface area contributed by atoms with Gasteiger partial charge in [-0.3, -0.25) is 4.79 Å². The van der Waals surface area contributed by atoms with E-state index in [1.807, 2.05) is 6.92 Å². The first-order valence-electron chi connectivity index (χ1n) is 3.67. The Kier molecular flexibility index (Phi) is 5.50. The summed E-state index contributed by atoms with van der Waals surface area (Å²) in [5, 5.41) is 11.4. The lowest BCUT2D eigenvalue weighted by molar-refractivity contribution is -0.120. The summed E-state index contributed by atoms with van der Waals surface area (Å²) in [7, 11) is 0. The van der Waals surface area contributed by atoms with E-state index in [9.17, 15) is 4.79 Å². The number of carbonyl (C=O) groups excluding carboxylic acids is 1. The fourth-order valence-corrected chi connectivity index (χ4v) is 0.706. The van der Waals surface area contributed by atoms with Crippen LogP contribution in [0.5, 0.6) is 0 Å². The average molecular weight is 224 g/mol. The maximum atomic E-state index is 11.0. The second kappa shape index (κ2) is 5.55. The first kappa shape index (κ1) is 10.9. The van der Waals surface area contributed by atoms with Gasteiger partial charge in [-0.15, -0.1) is 0 Å². The van der Waals surface area contributed by atoms with Crippen molar-refractivity contribution in [3.8, 4) is 0 Å². The number of aliphatic hydroxyl groups is 1. The fraction of sp³-hybridized carbons (Fsp3) is 0.857. The van der Waals surface area contributed by atoms with Gasteiger partial charge >= 0.3 is 0 Å². The van der Waals surface area contributed by atoms with Crippen molar-refractivity contribution in [2.24, 2.45) is 0 Å². The molecule has 3 nitrogen and oxygen atoms in total. The van der Waals surface area contributed by atoms with Crippen LogP contribution in [0, 0.1) is 0 Å². The zero-order chi connectivity index (χ0) is 8.85. The highest BCUT2D eigenvalue weighted by Gasteiger charge is 2.11. The monoisotopic (exact) mass is 223 g/mol. The van der Waals surface area contributed by atoms with Crippen LogP contribution in [0.1, 0.15) is 20.3 Å². The lowest BCUT2D eigenvalue weighted by Crippen LogP contribution is -2.35. The largest absolute Gasteiger partial charge is 0.392 e. The van der Waals surface area contributed by atoms with E-state index in [0.29, 0.717) is 6.54 Å². The fourth-order valence-electron chi connectivity index (χ4n) is 0.544. The molecule has 4 heteroatoms. The summed E-state index contributed by atoms with van der Waals surface area (Å²) < 4.78 is 0. The molecule has 2 atom stereocenters. The lowest BCUT2D eigenvalue weighted by Gasteiger charge is -2.09. The van der Waals surface area contributed by atoms with Gasteiger partial charge in [0.15, 0.2) is 0 Å². The van der Waals surface area contributed by atoms with Crippen LogP contribution in [0.25, 0.3) is 0 Å². The van der Waals surface area contributed by atoms with Gasteiger partial charge in [-0.05, 0) is 13.3 Å². The number of hydrogen-bond acceptors (Lipinski definition) is 2. The van der Waals surface area contributed by atoms with E-state index in [2.05, 4.69) is 21.2 Å². The first-order valence-corrected chi connectivity index (χ1v) is 4.59. The van der Waals surface area contributed by atoms with Crippen molar-refractivity contribution in [1.82, 2.24) is 5.32 Å². The molecule has 0 spiro atoms. The van der Waals surface area contributed by atoms with E-state index in [1.165, 1.54) is 0 Å². The Balaban J connectivity index is 3.52. The molecule has 0 heterocycles. The Bertz CT molecular complexity index is 128. The van der Waals surface area contributed by atoms with Crippen LogP contribution in [0.15, 0.2) is 0 Å². The van der Waals surface area contributed by atoms with Crippen LogP contribution in [0.3, 0.4) is 0 Å². The number of rotatable bonds is 4. The van der Waals surface area contributed by atoms with Crippen molar-refractivity contribution in [2.45, 2.75) is 31.2 Å². The van der Waals surface area contributed by atoms with Gasteiger partial charge in [-0.25, -0.2) is 0 Å². The van der Waals surface area contributed by atoms with Crippen molar-refractivity contribution < 1.29 is 9.90 Å². The van der Waals surface area contributed by atoms with E-state index in [0.717, 1.165) is 6.42 Å². The van der Waals surface area contributed by atoms with Gasteiger partial charge in [0.1, 0.15) is 0 Å². The number of aliphatic hydroxyl groups excluding tert-OH is 1. The van der Waals surface area contributed by atoms with E-state index in [-0.39, 0.29) is 10.7 Å². The summed E-state index contributed by atoms with van der Waals surface area (Å²) in [6.45, 7) is 3.87. The van der Waals surface area contributed by atoms with Gasteiger partial charge in [-0.1, -0.05) is 22.9 Å². The highest BCUT2D eigenvalue weighted by Crippen LogP contribution is 2.03. The molecule has 66 valence electrons. The molecule has 0 aliphatic heterocycles. The third kappa shape index (κ3) is 5.21. The van der Waals surface area contributed by atoms with Crippen LogP contribution >= 0.6 is 15.9 Å². The normalized spacial score (nSPS) is 15.6. The van der Waals surface area contributed by atoms with Crippen LogP contribution < -0.4 is 5.32 Å². The van der Waals surface area contributed by atoms with Crippen LogP contribution in [-0.2, 0) is 4.79 Å². The molecule has 0 aromatic rings. The summed E-state index contributed by atoms with van der Waals surface area (Å²) in [5.41, 5.74) is 0. The number of nitrogens with one attached hydrogen (secondary N) is 1. The molecule has 0 aliphatic carbocycles. The second-order valence-corrected chi connectivity index (χ2v) is 3.58. The number of amides is 1. The summed E-state index contributed by atoms with van der Waals surface area (Å²) in [5.74, 6) is -0.0617. The Morgan fingerprint density at radius 1 is 1.73 bits per heavy atom. The van der Waals surface area contributed by atoms with Crippen molar-refractivity contribution >= 4 is 21.8 Å². The standard InChI is InChI=1S/C7H14BrNO2/c1-3-6(8)7(11)9-4-5(2)10/h5-6,10H,3-4H2,1-2H3,(H,9,11)/t5-,6?/m1/s1. The van der Waals surface area contributed by atoms with Gasteiger partial charge < -0.3 is 10.4 Å². The number of halogens is 1. The molecule has 11 heavy (non-hydrogen) atoms. The number of alkyl halides is 1. The lowest BCUT2D eigenvalue weighted by atomic mass is 10.3. The van der Waals surface area contributed by atoms with Crippen molar-refractivity contribution in [3.63, 3.8) is 0 Å². The molecule has 0 saturated carbocycles.